The minimum atomic E-state index is 0.606. The lowest BCUT2D eigenvalue weighted by atomic mass is 10.2. The minimum Gasteiger partial charge on any atom is -0.269 e. The Kier molecular flexibility index (Phi) is 3.72. The van der Waals surface area contributed by atoms with Gasteiger partial charge in [0.25, 0.3) is 0 Å². The zero-order valence-corrected chi connectivity index (χ0v) is 15.3. The molecule has 0 aliphatic heterocycles. The Hall–Kier alpha value is -3.45. The van der Waals surface area contributed by atoms with Gasteiger partial charge in [0.1, 0.15) is 10.7 Å². The molecule has 6 nitrogen and oxygen atoms in total. The van der Waals surface area contributed by atoms with E-state index in [-0.39, 0.29) is 0 Å². The van der Waals surface area contributed by atoms with Crippen LogP contribution in [0.2, 0.25) is 0 Å². The van der Waals surface area contributed by atoms with Gasteiger partial charge >= 0.3 is 0 Å². The molecule has 0 unspecified atom stereocenters. The highest BCUT2D eigenvalue weighted by Gasteiger charge is 2.14. The lowest BCUT2D eigenvalue weighted by molar-refractivity contribution is 0.950. The molecule has 0 N–H and O–H groups in total. The summed E-state index contributed by atoms with van der Waals surface area (Å²) < 4.78 is 1.90. The standard InChI is InChI=1S/C20H14N6S/c1-13-17(27-19(24-13)15-4-2-8-21-12-15)16-6-5-14-7-11-26(18(14)25-16)20-22-9-3-10-23-20/h2-12H,1H3. The summed E-state index contributed by atoms with van der Waals surface area (Å²) >= 11 is 1.62. The van der Waals surface area contributed by atoms with Crippen LogP contribution in [0.3, 0.4) is 0 Å². The first kappa shape index (κ1) is 15.8. The molecule has 0 saturated heterocycles. The summed E-state index contributed by atoms with van der Waals surface area (Å²) in [4.78, 5) is 23.5. The molecule has 0 saturated carbocycles. The molecule has 130 valence electrons. The molecular weight excluding hydrogens is 356 g/mol. The Bertz CT molecular complexity index is 1230. The summed E-state index contributed by atoms with van der Waals surface area (Å²) in [6, 6.07) is 11.9. The van der Waals surface area contributed by atoms with E-state index in [0.717, 1.165) is 37.9 Å². The first-order chi connectivity index (χ1) is 13.3. The van der Waals surface area contributed by atoms with E-state index in [1.54, 1.807) is 36.0 Å². The van der Waals surface area contributed by atoms with E-state index < -0.39 is 0 Å². The molecule has 0 fully saturated rings. The van der Waals surface area contributed by atoms with Crippen LogP contribution in [0.5, 0.6) is 0 Å². The topological polar surface area (TPSA) is 69.4 Å². The maximum atomic E-state index is 4.89. The van der Waals surface area contributed by atoms with Crippen LogP contribution >= 0.6 is 11.3 Å². The Morgan fingerprint density at radius 2 is 1.81 bits per heavy atom. The third-order valence-electron chi connectivity index (χ3n) is 4.24. The molecule has 0 bridgehead atoms. The molecule has 5 aromatic heterocycles. The molecule has 0 amide bonds. The van der Waals surface area contributed by atoms with Gasteiger partial charge in [0.15, 0.2) is 0 Å². The number of rotatable bonds is 3. The quantitative estimate of drug-likeness (QED) is 0.473. The monoisotopic (exact) mass is 370 g/mol. The van der Waals surface area contributed by atoms with Gasteiger partial charge in [-0.15, -0.1) is 11.3 Å². The van der Waals surface area contributed by atoms with Gasteiger partial charge in [-0.2, -0.15) is 0 Å². The van der Waals surface area contributed by atoms with E-state index >= 15 is 0 Å². The van der Waals surface area contributed by atoms with Crippen molar-refractivity contribution in [2.45, 2.75) is 6.92 Å². The summed E-state index contributed by atoms with van der Waals surface area (Å²) in [5.74, 6) is 0.606. The number of nitrogens with zero attached hydrogens (tertiary/aromatic N) is 6. The number of pyridine rings is 2. The first-order valence-electron chi connectivity index (χ1n) is 8.43. The van der Waals surface area contributed by atoms with E-state index in [4.69, 9.17) is 9.97 Å². The number of thiazole rings is 1. The van der Waals surface area contributed by atoms with Crippen molar-refractivity contribution in [3.8, 4) is 27.1 Å². The zero-order valence-electron chi connectivity index (χ0n) is 14.4. The number of aromatic nitrogens is 6. The predicted octanol–water partition coefficient (Wildman–Crippen LogP) is 4.31. The molecular formula is C20H14N6S. The summed E-state index contributed by atoms with van der Waals surface area (Å²) in [5, 5.41) is 1.99. The Morgan fingerprint density at radius 3 is 2.63 bits per heavy atom. The van der Waals surface area contributed by atoms with Crippen molar-refractivity contribution in [3.05, 3.63) is 73.1 Å². The SMILES string of the molecule is Cc1nc(-c2cccnc2)sc1-c1ccc2ccn(-c3ncccn3)c2n1. The number of aryl methyl sites for hydroxylation is 1. The summed E-state index contributed by atoms with van der Waals surface area (Å²) in [6.07, 6.45) is 8.99. The van der Waals surface area contributed by atoms with E-state index in [1.165, 1.54) is 0 Å². The van der Waals surface area contributed by atoms with Crippen LogP contribution in [0, 0.1) is 6.92 Å². The molecule has 0 aromatic carbocycles. The molecule has 0 aliphatic rings. The number of fused-ring (bicyclic) bond motifs is 1. The van der Waals surface area contributed by atoms with Gasteiger partial charge in [-0.25, -0.2) is 19.9 Å². The average molecular weight is 370 g/mol. The van der Waals surface area contributed by atoms with E-state index in [1.807, 2.05) is 48.1 Å². The van der Waals surface area contributed by atoms with Crippen LogP contribution in [0.4, 0.5) is 0 Å². The second kappa shape index (κ2) is 6.37. The van der Waals surface area contributed by atoms with Crippen molar-refractivity contribution in [2.24, 2.45) is 0 Å². The van der Waals surface area contributed by atoms with Crippen molar-refractivity contribution in [1.29, 1.82) is 0 Å². The Morgan fingerprint density at radius 1 is 0.926 bits per heavy atom. The minimum absolute atomic E-state index is 0.606. The molecule has 5 rings (SSSR count). The molecule has 0 atom stereocenters. The van der Waals surface area contributed by atoms with Crippen molar-refractivity contribution in [2.75, 3.05) is 0 Å². The number of hydrogen-bond donors (Lipinski definition) is 0. The fraction of sp³-hybridized carbons (Fsp3) is 0.0500. The first-order valence-corrected chi connectivity index (χ1v) is 9.25. The Labute approximate surface area is 159 Å². The van der Waals surface area contributed by atoms with Crippen molar-refractivity contribution < 1.29 is 0 Å². The van der Waals surface area contributed by atoms with Crippen molar-refractivity contribution in [3.63, 3.8) is 0 Å². The largest absolute Gasteiger partial charge is 0.269 e. The third kappa shape index (κ3) is 2.78. The molecule has 5 aromatic rings. The smallest absolute Gasteiger partial charge is 0.235 e. The highest BCUT2D eigenvalue weighted by atomic mass is 32.1. The predicted molar refractivity (Wildman–Crippen MR) is 106 cm³/mol. The second-order valence-electron chi connectivity index (χ2n) is 6.02. The van der Waals surface area contributed by atoms with Gasteiger partial charge in [0, 0.05) is 41.9 Å². The zero-order chi connectivity index (χ0) is 18.2. The van der Waals surface area contributed by atoms with Crippen LogP contribution in [0.1, 0.15) is 5.69 Å². The summed E-state index contributed by atoms with van der Waals surface area (Å²) in [7, 11) is 0. The lowest BCUT2D eigenvalue weighted by Crippen LogP contribution is -1.99. The van der Waals surface area contributed by atoms with Crippen LogP contribution in [-0.4, -0.2) is 29.5 Å². The van der Waals surface area contributed by atoms with Crippen LogP contribution in [0.15, 0.2) is 67.4 Å². The van der Waals surface area contributed by atoms with Crippen LogP contribution in [0.25, 0.3) is 38.1 Å². The van der Waals surface area contributed by atoms with E-state index in [0.29, 0.717) is 5.95 Å². The number of hydrogen-bond acceptors (Lipinski definition) is 6. The Balaban J connectivity index is 1.63. The van der Waals surface area contributed by atoms with Gasteiger partial charge in [0.2, 0.25) is 5.95 Å². The fourth-order valence-electron chi connectivity index (χ4n) is 2.96. The van der Waals surface area contributed by atoms with Gasteiger partial charge in [-0.05, 0) is 43.3 Å². The summed E-state index contributed by atoms with van der Waals surface area (Å²) in [6.45, 7) is 2.01. The highest BCUT2D eigenvalue weighted by Crippen LogP contribution is 2.34. The maximum Gasteiger partial charge on any atom is 0.235 e. The van der Waals surface area contributed by atoms with Gasteiger partial charge in [-0.3, -0.25) is 9.55 Å². The highest BCUT2D eigenvalue weighted by molar-refractivity contribution is 7.18. The lowest BCUT2D eigenvalue weighted by Gasteiger charge is -2.04. The third-order valence-corrected chi connectivity index (χ3v) is 5.47. The molecule has 7 heteroatoms. The van der Waals surface area contributed by atoms with Gasteiger partial charge in [-0.1, -0.05) is 0 Å². The maximum absolute atomic E-state index is 4.89. The van der Waals surface area contributed by atoms with Gasteiger partial charge in [0.05, 0.1) is 16.3 Å². The molecule has 0 radical (unpaired) electrons. The van der Waals surface area contributed by atoms with Gasteiger partial charge < -0.3 is 0 Å². The normalized spacial score (nSPS) is 11.1. The fourth-order valence-corrected chi connectivity index (χ4v) is 3.98. The van der Waals surface area contributed by atoms with E-state index in [2.05, 4.69) is 21.0 Å². The second-order valence-corrected chi connectivity index (χ2v) is 7.02. The van der Waals surface area contributed by atoms with E-state index in [9.17, 15) is 0 Å². The van der Waals surface area contributed by atoms with Crippen molar-refractivity contribution in [1.82, 2.24) is 29.5 Å². The van der Waals surface area contributed by atoms with Crippen molar-refractivity contribution >= 4 is 22.4 Å². The summed E-state index contributed by atoms with van der Waals surface area (Å²) in [5.41, 5.74) is 3.69. The average Bonchev–Trinajstić information content (AvgIpc) is 3.32. The molecule has 0 spiro atoms. The molecule has 5 heterocycles. The van der Waals surface area contributed by atoms with Crippen LogP contribution in [-0.2, 0) is 0 Å². The van der Waals surface area contributed by atoms with Crippen LogP contribution < -0.4 is 0 Å². The molecule has 0 aliphatic carbocycles. The molecule has 27 heavy (non-hydrogen) atoms.